The van der Waals surface area contributed by atoms with E-state index in [9.17, 15) is 5.11 Å². The molecule has 4 heteroatoms. The second kappa shape index (κ2) is 4.80. The highest BCUT2D eigenvalue weighted by atomic mass is 79.9. The van der Waals surface area contributed by atoms with Gasteiger partial charge in [-0.2, -0.15) is 0 Å². The van der Waals surface area contributed by atoms with E-state index in [2.05, 4.69) is 20.9 Å². The molecule has 1 atom stereocenters. The van der Waals surface area contributed by atoms with E-state index in [-0.39, 0.29) is 0 Å². The van der Waals surface area contributed by atoms with Gasteiger partial charge in [-0.05, 0) is 32.3 Å². The molecular formula is C14H10BrNOS. The molecule has 2 nitrogen and oxygen atoms in total. The van der Waals surface area contributed by atoms with Crippen molar-refractivity contribution in [3.05, 3.63) is 63.0 Å². The first-order chi connectivity index (χ1) is 8.75. The van der Waals surface area contributed by atoms with Crippen LogP contribution in [0.25, 0.3) is 10.8 Å². The van der Waals surface area contributed by atoms with Gasteiger partial charge in [-0.3, -0.25) is 0 Å². The summed E-state index contributed by atoms with van der Waals surface area (Å²) >= 11 is 4.76. The number of thiazole rings is 1. The van der Waals surface area contributed by atoms with E-state index in [4.69, 9.17) is 0 Å². The third-order valence-corrected chi connectivity index (χ3v) is 4.45. The largest absolute Gasteiger partial charge is 0.381 e. The number of aromatic nitrogens is 1. The minimum Gasteiger partial charge on any atom is -0.381 e. The van der Waals surface area contributed by atoms with Crippen LogP contribution in [0.1, 0.15) is 16.7 Å². The molecule has 1 heterocycles. The summed E-state index contributed by atoms with van der Waals surface area (Å²) in [6.07, 6.45) is -0.674. The van der Waals surface area contributed by atoms with E-state index in [1.807, 2.05) is 47.8 Å². The Labute approximate surface area is 117 Å². The predicted molar refractivity (Wildman–Crippen MR) is 77.8 cm³/mol. The van der Waals surface area contributed by atoms with Gasteiger partial charge in [0.15, 0.2) is 0 Å². The van der Waals surface area contributed by atoms with Gasteiger partial charge < -0.3 is 5.11 Å². The summed E-state index contributed by atoms with van der Waals surface area (Å²) in [4.78, 5) is 4.28. The highest BCUT2D eigenvalue weighted by Gasteiger charge is 2.16. The molecule has 0 aliphatic rings. The van der Waals surface area contributed by atoms with Crippen LogP contribution in [0.5, 0.6) is 0 Å². The lowest BCUT2D eigenvalue weighted by Crippen LogP contribution is -1.99. The van der Waals surface area contributed by atoms with Crippen LogP contribution in [0.2, 0.25) is 0 Å². The van der Waals surface area contributed by atoms with E-state index >= 15 is 0 Å². The van der Waals surface area contributed by atoms with Crippen molar-refractivity contribution >= 4 is 38.0 Å². The zero-order chi connectivity index (χ0) is 12.5. The normalized spacial score (nSPS) is 12.8. The van der Waals surface area contributed by atoms with Crippen molar-refractivity contribution in [2.24, 2.45) is 0 Å². The van der Waals surface area contributed by atoms with Gasteiger partial charge in [0, 0.05) is 5.38 Å². The Morgan fingerprint density at radius 1 is 1.11 bits per heavy atom. The Morgan fingerprint density at radius 2 is 1.89 bits per heavy atom. The smallest absolute Gasteiger partial charge is 0.131 e. The van der Waals surface area contributed by atoms with Gasteiger partial charge in [0.2, 0.25) is 0 Å². The molecule has 1 unspecified atom stereocenters. The molecule has 0 bridgehead atoms. The van der Waals surface area contributed by atoms with Gasteiger partial charge >= 0.3 is 0 Å². The lowest BCUT2D eigenvalue weighted by atomic mass is 10.0. The molecule has 2 aromatic carbocycles. The molecule has 1 aromatic heterocycles. The third-order valence-electron chi connectivity index (χ3n) is 2.85. The number of hydrogen-bond acceptors (Lipinski definition) is 3. The molecule has 18 heavy (non-hydrogen) atoms. The van der Waals surface area contributed by atoms with Crippen molar-refractivity contribution in [1.82, 2.24) is 4.98 Å². The van der Waals surface area contributed by atoms with Gasteiger partial charge in [-0.15, -0.1) is 11.3 Å². The quantitative estimate of drug-likeness (QED) is 0.770. The van der Waals surface area contributed by atoms with Crippen LogP contribution < -0.4 is 0 Å². The summed E-state index contributed by atoms with van der Waals surface area (Å²) in [5.74, 6) is 0. The van der Waals surface area contributed by atoms with E-state index in [0.717, 1.165) is 20.9 Å². The Morgan fingerprint density at radius 3 is 2.67 bits per heavy atom. The number of halogens is 1. The first-order valence-electron chi connectivity index (χ1n) is 5.52. The Kier molecular flexibility index (Phi) is 3.16. The van der Waals surface area contributed by atoms with Crippen LogP contribution in [-0.4, -0.2) is 10.1 Å². The number of benzene rings is 2. The molecule has 3 rings (SSSR count). The number of hydrogen-bond donors (Lipinski definition) is 1. The minimum atomic E-state index is -0.674. The molecule has 0 amide bonds. The van der Waals surface area contributed by atoms with Crippen molar-refractivity contribution in [2.75, 3.05) is 0 Å². The number of nitrogens with zero attached hydrogens (tertiary/aromatic N) is 1. The van der Waals surface area contributed by atoms with Gasteiger partial charge in [0.25, 0.3) is 0 Å². The number of rotatable bonds is 2. The summed E-state index contributed by atoms with van der Waals surface area (Å²) in [6.45, 7) is 0. The molecule has 0 aliphatic carbocycles. The second-order valence-corrected chi connectivity index (χ2v) is 5.68. The maximum absolute atomic E-state index is 10.4. The van der Waals surface area contributed by atoms with E-state index in [1.54, 1.807) is 0 Å². The molecule has 0 spiro atoms. The fourth-order valence-electron chi connectivity index (χ4n) is 2.01. The summed E-state index contributed by atoms with van der Waals surface area (Å²) in [6, 6.07) is 14.0. The average molecular weight is 320 g/mol. The van der Waals surface area contributed by atoms with Gasteiger partial charge in [-0.25, -0.2) is 4.98 Å². The predicted octanol–water partition coefficient (Wildman–Crippen LogP) is 4.14. The maximum atomic E-state index is 10.4. The zero-order valence-corrected chi connectivity index (χ0v) is 11.8. The van der Waals surface area contributed by atoms with Crippen LogP contribution in [0.15, 0.2) is 52.4 Å². The fourth-order valence-corrected chi connectivity index (χ4v) is 3.28. The molecule has 90 valence electrons. The van der Waals surface area contributed by atoms with Gasteiger partial charge in [-0.1, -0.05) is 42.5 Å². The monoisotopic (exact) mass is 319 g/mol. The van der Waals surface area contributed by atoms with Crippen molar-refractivity contribution in [3.63, 3.8) is 0 Å². The second-order valence-electron chi connectivity index (χ2n) is 3.98. The molecule has 0 saturated heterocycles. The summed E-state index contributed by atoms with van der Waals surface area (Å²) in [7, 11) is 0. The SMILES string of the molecule is OC(c1nc(Br)cs1)c1cccc2ccccc12. The average Bonchev–Trinajstić information content (AvgIpc) is 2.84. The highest BCUT2D eigenvalue weighted by molar-refractivity contribution is 9.10. The maximum Gasteiger partial charge on any atom is 0.131 e. The van der Waals surface area contributed by atoms with Crippen molar-refractivity contribution in [2.45, 2.75) is 6.10 Å². The van der Waals surface area contributed by atoms with Crippen LogP contribution in [0.4, 0.5) is 0 Å². The van der Waals surface area contributed by atoms with Crippen molar-refractivity contribution in [1.29, 1.82) is 0 Å². The Balaban J connectivity index is 2.14. The van der Waals surface area contributed by atoms with Gasteiger partial charge in [0.05, 0.1) is 0 Å². The molecule has 1 N–H and O–H groups in total. The van der Waals surface area contributed by atoms with Gasteiger partial charge in [0.1, 0.15) is 15.7 Å². The lowest BCUT2D eigenvalue weighted by molar-refractivity contribution is 0.221. The molecular weight excluding hydrogens is 310 g/mol. The minimum absolute atomic E-state index is 0.674. The Hall–Kier alpha value is -1.23. The molecule has 0 radical (unpaired) electrons. The van der Waals surface area contributed by atoms with E-state index in [1.165, 1.54) is 11.3 Å². The molecule has 3 aromatic rings. The topological polar surface area (TPSA) is 33.1 Å². The first kappa shape index (κ1) is 11.8. The third kappa shape index (κ3) is 2.07. The number of aliphatic hydroxyl groups excluding tert-OH is 1. The van der Waals surface area contributed by atoms with Crippen molar-refractivity contribution < 1.29 is 5.11 Å². The van der Waals surface area contributed by atoms with Crippen LogP contribution in [0, 0.1) is 0 Å². The van der Waals surface area contributed by atoms with Crippen LogP contribution >= 0.6 is 27.3 Å². The summed E-state index contributed by atoms with van der Waals surface area (Å²) in [5.41, 5.74) is 0.898. The first-order valence-corrected chi connectivity index (χ1v) is 7.19. The number of fused-ring (bicyclic) bond motifs is 1. The lowest BCUT2D eigenvalue weighted by Gasteiger charge is -2.11. The van der Waals surface area contributed by atoms with E-state index < -0.39 is 6.10 Å². The molecule has 0 fully saturated rings. The summed E-state index contributed by atoms with van der Waals surface area (Å²) in [5, 5.41) is 15.2. The number of aliphatic hydroxyl groups is 1. The molecule has 0 saturated carbocycles. The fraction of sp³-hybridized carbons (Fsp3) is 0.0714. The standard InChI is InChI=1S/C14H10BrNOS/c15-12-8-18-14(16-12)13(17)11-7-3-5-9-4-1-2-6-10(9)11/h1-8,13,17H. The van der Waals surface area contributed by atoms with Crippen LogP contribution in [-0.2, 0) is 0 Å². The summed E-state index contributed by atoms with van der Waals surface area (Å²) < 4.78 is 0.766. The highest BCUT2D eigenvalue weighted by Crippen LogP contribution is 2.31. The zero-order valence-electron chi connectivity index (χ0n) is 9.38. The van der Waals surface area contributed by atoms with E-state index in [0.29, 0.717) is 5.01 Å². The molecule has 0 aliphatic heterocycles. The Bertz CT molecular complexity index is 690. The van der Waals surface area contributed by atoms with Crippen LogP contribution in [0.3, 0.4) is 0 Å². The van der Waals surface area contributed by atoms with Crippen molar-refractivity contribution in [3.8, 4) is 0 Å².